The van der Waals surface area contributed by atoms with E-state index in [1.165, 1.54) is 38.5 Å². The highest BCUT2D eigenvalue weighted by molar-refractivity contribution is 5.85. The van der Waals surface area contributed by atoms with Crippen molar-refractivity contribution in [2.24, 2.45) is 0 Å². The van der Waals surface area contributed by atoms with Gasteiger partial charge in [0, 0.05) is 19.1 Å². The molecule has 1 aliphatic rings. The second-order valence-electron chi connectivity index (χ2n) is 6.74. The number of methoxy groups -OCH3 is 1. The minimum Gasteiger partial charge on any atom is -0.497 e. The monoisotopic (exact) mass is 384 g/mol. The molecule has 1 fully saturated rings. The summed E-state index contributed by atoms with van der Waals surface area (Å²) in [6, 6.07) is 8.30. The molecule has 6 heteroatoms. The van der Waals surface area contributed by atoms with Crippen molar-refractivity contribution in [2.45, 2.75) is 64.2 Å². The van der Waals surface area contributed by atoms with Gasteiger partial charge in [-0.05, 0) is 37.5 Å². The van der Waals surface area contributed by atoms with E-state index >= 15 is 0 Å². The third-order valence-corrected chi connectivity index (χ3v) is 4.72. The van der Waals surface area contributed by atoms with Crippen LogP contribution in [0.4, 0.5) is 0 Å². The van der Waals surface area contributed by atoms with Gasteiger partial charge in [0.15, 0.2) is 0 Å². The van der Waals surface area contributed by atoms with E-state index in [4.69, 9.17) is 9.47 Å². The zero-order valence-corrected chi connectivity index (χ0v) is 16.8. The smallest absolute Gasteiger partial charge is 0.248 e. The van der Waals surface area contributed by atoms with E-state index in [0.717, 1.165) is 17.9 Å². The minimum absolute atomic E-state index is 0. The maximum Gasteiger partial charge on any atom is 0.248 e. The fourth-order valence-electron chi connectivity index (χ4n) is 3.15. The van der Waals surface area contributed by atoms with Crippen molar-refractivity contribution in [3.63, 3.8) is 0 Å². The predicted molar refractivity (Wildman–Crippen MR) is 107 cm³/mol. The summed E-state index contributed by atoms with van der Waals surface area (Å²) in [4.78, 5) is 12.1. The molecule has 1 aliphatic carbocycles. The fourth-order valence-corrected chi connectivity index (χ4v) is 3.15. The molecule has 2 rings (SSSR count). The van der Waals surface area contributed by atoms with Crippen molar-refractivity contribution < 1.29 is 14.3 Å². The standard InChI is InChI=1S/C20H32N2O3.ClH/c1-16(25-15-17-8-7-11-19(14-17)24-2)20(23)22-13-12-21-18-9-5-3-4-6-10-18;/h7-8,11,14,16,18,21H,3-6,9-10,12-13,15H2,1-2H3,(H,22,23);1H. The molecule has 26 heavy (non-hydrogen) atoms. The van der Waals surface area contributed by atoms with Gasteiger partial charge in [0.1, 0.15) is 11.9 Å². The molecular weight excluding hydrogens is 352 g/mol. The van der Waals surface area contributed by atoms with Crippen LogP contribution in [-0.2, 0) is 16.1 Å². The van der Waals surface area contributed by atoms with Crippen LogP contribution in [0.2, 0.25) is 0 Å². The van der Waals surface area contributed by atoms with Crippen molar-refractivity contribution in [1.29, 1.82) is 0 Å². The number of rotatable bonds is 9. The van der Waals surface area contributed by atoms with Crippen LogP contribution in [0.1, 0.15) is 51.0 Å². The molecule has 0 spiro atoms. The molecule has 0 aliphatic heterocycles. The number of benzene rings is 1. The number of hydrogen-bond donors (Lipinski definition) is 2. The average Bonchev–Trinajstić information content (AvgIpc) is 2.92. The highest BCUT2D eigenvalue weighted by Crippen LogP contribution is 2.17. The summed E-state index contributed by atoms with van der Waals surface area (Å²) >= 11 is 0. The van der Waals surface area contributed by atoms with Crippen molar-refractivity contribution in [1.82, 2.24) is 10.6 Å². The molecule has 1 unspecified atom stereocenters. The van der Waals surface area contributed by atoms with Crippen LogP contribution in [-0.4, -0.2) is 38.3 Å². The molecule has 1 atom stereocenters. The van der Waals surface area contributed by atoms with Crippen LogP contribution in [0.3, 0.4) is 0 Å². The SMILES string of the molecule is COc1cccc(COC(C)C(=O)NCCNC2CCCCCC2)c1.Cl. The lowest BCUT2D eigenvalue weighted by Gasteiger charge is -2.17. The summed E-state index contributed by atoms with van der Waals surface area (Å²) in [5.41, 5.74) is 0.994. The summed E-state index contributed by atoms with van der Waals surface area (Å²) < 4.78 is 10.9. The number of carbonyl (C=O) groups excluding carboxylic acids is 1. The summed E-state index contributed by atoms with van der Waals surface area (Å²) in [7, 11) is 1.64. The Morgan fingerprint density at radius 3 is 2.62 bits per heavy atom. The largest absolute Gasteiger partial charge is 0.497 e. The molecule has 1 saturated carbocycles. The van der Waals surface area contributed by atoms with Gasteiger partial charge in [-0.2, -0.15) is 0 Å². The Kier molecular flexibility index (Phi) is 11.3. The summed E-state index contributed by atoms with van der Waals surface area (Å²) in [6.07, 6.45) is 7.40. The maximum atomic E-state index is 12.1. The van der Waals surface area contributed by atoms with Crippen LogP contribution >= 0.6 is 12.4 Å². The van der Waals surface area contributed by atoms with Gasteiger partial charge in [0.05, 0.1) is 13.7 Å². The lowest BCUT2D eigenvalue weighted by Crippen LogP contribution is -2.40. The molecule has 148 valence electrons. The number of amides is 1. The van der Waals surface area contributed by atoms with Crippen LogP contribution in [0.25, 0.3) is 0 Å². The third-order valence-electron chi connectivity index (χ3n) is 4.72. The number of nitrogens with one attached hydrogen (secondary N) is 2. The van der Waals surface area contributed by atoms with Crippen molar-refractivity contribution in [3.05, 3.63) is 29.8 Å². The lowest BCUT2D eigenvalue weighted by molar-refractivity contribution is -0.132. The van der Waals surface area contributed by atoms with Gasteiger partial charge in [-0.15, -0.1) is 12.4 Å². The summed E-state index contributed by atoms with van der Waals surface area (Å²) in [6.45, 7) is 3.64. The minimum atomic E-state index is -0.468. The first kappa shape index (κ1) is 22.7. The van der Waals surface area contributed by atoms with Gasteiger partial charge in [0.2, 0.25) is 5.91 Å². The van der Waals surface area contributed by atoms with Crippen LogP contribution in [0.15, 0.2) is 24.3 Å². The average molecular weight is 385 g/mol. The lowest BCUT2D eigenvalue weighted by atomic mass is 10.1. The Labute approximate surface area is 163 Å². The van der Waals surface area contributed by atoms with E-state index in [0.29, 0.717) is 19.2 Å². The van der Waals surface area contributed by atoms with Crippen molar-refractivity contribution in [3.8, 4) is 5.75 Å². The van der Waals surface area contributed by atoms with Crippen LogP contribution in [0.5, 0.6) is 5.75 Å². The molecule has 5 nitrogen and oxygen atoms in total. The second kappa shape index (κ2) is 13.0. The van der Waals surface area contributed by atoms with E-state index in [-0.39, 0.29) is 18.3 Å². The van der Waals surface area contributed by atoms with E-state index in [1.54, 1.807) is 14.0 Å². The quantitative estimate of drug-likeness (QED) is 0.505. The zero-order valence-electron chi connectivity index (χ0n) is 16.0. The van der Waals surface area contributed by atoms with Crippen LogP contribution < -0.4 is 15.4 Å². The van der Waals surface area contributed by atoms with Gasteiger partial charge in [-0.3, -0.25) is 4.79 Å². The van der Waals surface area contributed by atoms with Gasteiger partial charge in [-0.1, -0.05) is 37.8 Å². The maximum absolute atomic E-state index is 12.1. The Hall–Kier alpha value is -1.30. The molecule has 0 heterocycles. The molecule has 0 radical (unpaired) electrons. The van der Waals surface area contributed by atoms with E-state index in [9.17, 15) is 4.79 Å². The topological polar surface area (TPSA) is 59.6 Å². The second-order valence-corrected chi connectivity index (χ2v) is 6.74. The first-order valence-corrected chi connectivity index (χ1v) is 9.44. The van der Waals surface area contributed by atoms with Gasteiger partial charge in [-0.25, -0.2) is 0 Å². The number of hydrogen-bond acceptors (Lipinski definition) is 4. The Bertz CT molecular complexity index is 520. The Morgan fingerprint density at radius 1 is 1.19 bits per heavy atom. The van der Waals surface area contributed by atoms with Gasteiger partial charge < -0.3 is 20.1 Å². The van der Waals surface area contributed by atoms with Crippen LogP contribution in [0, 0.1) is 0 Å². The Morgan fingerprint density at radius 2 is 1.92 bits per heavy atom. The first-order valence-electron chi connectivity index (χ1n) is 9.44. The number of ether oxygens (including phenoxy) is 2. The molecule has 0 saturated heterocycles. The first-order chi connectivity index (χ1) is 12.2. The predicted octanol–water partition coefficient (Wildman–Crippen LogP) is 3.45. The van der Waals surface area contributed by atoms with Crippen molar-refractivity contribution >= 4 is 18.3 Å². The van der Waals surface area contributed by atoms with Gasteiger partial charge >= 0.3 is 0 Å². The van der Waals surface area contributed by atoms with E-state index in [1.807, 2.05) is 24.3 Å². The molecular formula is C20H33ClN2O3. The normalized spacial score (nSPS) is 16.2. The molecule has 1 aromatic carbocycles. The third kappa shape index (κ3) is 8.39. The molecule has 1 amide bonds. The molecule has 0 bridgehead atoms. The van der Waals surface area contributed by atoms with E-state index < -0.39 is 6.10 Å². The molecule has 0 aromatic heterocycles. The summed E-state index contributed by atoms with van der Waals surface area (Å²) in [5, 5.41) is 6.50. The Balaban J connectivity index is 0.00000338. The highest BCUT2D eigenvalue weighted by Gasteiger charge is 2.14. The van der Waals surface area contributed by atoms with Crippen molar-refractivity contribution in [2.75, 3.05) is 20.2 Å². The van der Waals surface area contributed by atoms with E-state index in [2.05, 4.69) is 10.6 Å². The number of carbonyl (C=O) groups is 1. The fraction of sp³-hybridized carbons (Fsp3) is 0.650. The molecule has 1 aromatic rings. The molecule has 2 N–H and O–H groups in total. The highest BCUT2D eigenvalue weighted by atomic mass is 35.5. The zero-order chi connectivity index (χ0) is 17.9. The summed E-state index contributed by atoms with van der Waals surface area (Å²) in [5.74, 6) is 0.730. The number of halogens is 1. The van der Waals surface area contributed by atoms with Gasteiger partial charge in [0.25, 0.3) is 0 Å².